The van der Waals surface area contributed by atoms with Crippen molar-refractivity contribution in [3.63, 3.8) is 0 Å². The normalized spacial score (nSPS) is 14.6. The van der Waals surface area contributed by atoms with Gasteiger partial charge in [-0.25, -0.2) is 8.51 Å². The first-order valence-electron chi connectivity index (χ1n) is 11.4. The number of methoxy groups -OCH3 is 1. The monoisotopic (exact) mass is 489 g/mol. The summed E-state index contributed by atoms with van der Waals surface area (Å²) in [5.41, 5.74) is 0.944. The maximum absolute atomic E-state index is 13.4. The van der Waals surface area contributed by atoms with Gasteiger partial charge in [0.05, 0.1) is 30.7 Å². The van der Waals surface area contributed by atoms with Crippen LogP contribution >= 0.6 is 0 Å². The number of rotatable bonds is 15. The van der Waals surface area contributed by atoms with E-state index in [1.54, 1.807) is 35.7 Å². The maximum atomic E-state index is 13.4. The molecule has 2 aromatic carbocycles. The Morgan fingerprint density at radius 1 is 1.15 bits per heavy atom. The van der Waals surface area contributed by atoms with Crippen molar-refractivity contribution in [2.24, 2.45) is 5.92 Å². The number of carbonyl (C=O) groups is 2. The molecule has 4 unspecified atom stereocenters. The van der Waals surface area contributed by atoms with Gasteiger partial charge < -0.3 is 20.5 Å². The summed E-state index contributed by atoms with van der Waals surface area (Å²) >= 11 is 0. The number of benzene rings is 2. The molecule has 0 aromatic heterocycles. The lowest BCUT2D eigenvalue weighted by Gasteiger charge is -2.30. The molecule has 0 heterocycles. The topological polar surface area (TPSA) is 108 Å². The molecule has 0 saturated heterocycles. The number of carbonyl (C=O) groups excluding carboxylic acids is 2. The highest BCUT2D eigenvalue weighted by atomic mass is 32.2. The Kier molecular flexibility index (Phi) is 11.7. The average molecular weight is 490 g/mol. The Morgan fingerprint density at radius 2 is 1.82 bits per heavy atom. The van der Waals surface area contributed by atoms with E-state index in [0.717, 1.165) is 12.0 Å². The first-order chi connectivity index (χ1) is 16.4. The molecular formula is C25H35N3O5S. The number of ether oxygens (including phenoxy) is 1. The van der Waals surface area contributed by atoms with E-state index in [9.17, 15) is 18.9 Å². The fourth-order valence-electron chi connectivity index (χ4n) is 3.41. The molecule has 0 bridgehead atoms. The first kappa shape index (κ1) is 27.5. The predicted octanol–water partition coefficient (Wildman–Crippen LogP) is 1.90. The van der Waals surface area contributed by atoms with Crippen LogP contribution in [-0.2, 0) is 27.0 Å². The Morgan fingerprint density at radius 3 is 2.41 bits per heavy atom. The highest BCUT2D eigenvalue weighted by Crippen LogP contribution is 2.19. The zero-order valence-corrected chi connectivity index (χ0v) is 20.8. The minimum absolute atomic E-state index is 0.0991. The van der Waals surface area contributed by atoms with Crippen LogP contribution in [0.2, 0.25) is 0 Å². The molecule has 3 N–H and O–H groups in total. The van der Waals surface area contributed by atoms with Gasteiger partial charge in [-0.05, 0) is 42.2 Å². The summed E-state index contributed by atoms with van der Waals surface area (Å²) in [5.74, 6) is 0.522. The van der Waals surface area contributed by atoms with Gasteiger partial charge in [0.1, 0.15) is 16.7 Å². The number of amides is 2. The number of nitrogens with zero attached hydrogens (tertiary/aromatic N) is 1. The largest absolute Gasteiger partial charge is 0.497 e. The van der Waals surface area contributed by atoms with Crippen LogP contribution in [0.1, 0.15) is 25.8 Å². The van der Waals surface area contributed by atoms with Gasteiger partial charge in [-0.1, -0.05) is 50.6 Å². The highest BCUT2D eigenvalue weighted by Gasteiger charge is 2.27. The third kappa shape index (κ3) is 8.89. The second kappa shape index (κ2) is 14.5. The summed E-state index contributed by atoms with van der Waals surface area (Å²) in [7, 11) is 0.0644. The summed E-state index contributed by atoms with van der Waals surface area (Å²) < 4.78 is 20.4. The molecule has 0 fully saturated rings. The number of hydrogen-bond acceptors (Lipinski definition) is 5. The lowest BCUT2D eigenvalue weighted by atomic mass is 10.0. The van der Waals surface area contributed by atoms with Crippen LogP contribution in [0.25, 0.3) is 0 Å². The van der Waals surface area contributed by atoms with E-state index in [4.69, 9.17) is 4.74 Å². The van der Waals surface area contributed by atoms with Gasteiger partial charge in [-0.3, -0.25) is 9.59 Å². The van der Waals surface area contributed by atoms with Gasteiger partial charge in [0.15, 0.2) is 0 Å². The number of hydrogen-bond donors (Lipinski definition) is 3. The van der Waals surface area contributed by atoms with Crippen LogP contribution in [0.5, 0.6) is 5.75 Å². The minimum atomic E-state index is -1.51. The molecule has 0 aliphatic heterocycles. The molecule has 8 nitrogen and oxygen atoms in total. The van der Waals surface area contributed by atoms with E-state index in [-0.39, 0.29) is 19.0 Å². The molecule has 9 heteroatoms. The molecule has 2 rings (SSSR count). The predicted molar refractivity (Wildman–Crippen MR) is 133 cm³/mol. The molecule has 34 heavy (non-hydrogen) atoms. The number of aliphatic hydroxyl groups excluding tert-OH is 1. The summed E-state index contributed by atoms with van der Waals surface area (Å²) in [6.07, 6.45) is 0.745. The summed E-state index contributed by atoms with van der Waals surface area (Å²) in [6, 6.07) is 15.9. The summed E-state index contributed by atoms with van der Waals surface area (Å²) in [6.45, 7) is 4.57. The van der Waals surface area contributed by atoms with Gasteiger partial charge in [0.2, 0.25) is 12.3 Å². The van der Waals surface area contributed by atoms with E-state index in [0.29, 0.717) is 30.0 Å². The van der Waals surface area contributed by atoms with Crippen LogP contribution in [0, 0.1) is 5.92 Å². The quantitative estimate of drug-likeness (QED) is 0.331. The molecule has 0 aliphatic carbocycles. The number of nitrogens with one attached hydrogen (secondary N) is 2. The molecule has 2 aromatic rings. The maximum Gasteiger partial charge on any atom is 0.239 e. The fraction of sp³-hybridized carbons (Fsp3) is 0.440. The average Bonchev–Trinajstić information content (AvgIpc) is 2.86. The van der Waals surface area contributed by atoms with Crippen molar-refractivity contribution in [3.05, 3.63) is 60.2 Å². The van der Waals surface area contributed by atoms with E-state index in [1.807, 2.05) is 30.3 Å². The molecular weight excluding hydrogens is 454 g/mol. The number of aliphatic hydroxyl groups is 1. The van der Waals surface area contributed by atoms with Crippen molar-refractivity contribution in [2.45, 2.75) is 43.7 Å². The van der Waals surface area contributed by atoms with Crippen molar-refractivity contribution in [2.75, 3.05) is 26.7 Å². The van der Waals surface area contributed by atoms with Crippen LogP contribution in [-0.4, -0.2) is 64.8 Å². The van der Waals surface area contributed by atoms with Crippen molar-refractivity contribution in [1.29, 1.82) is 0 Å². The lowest BCUT2D eigenvalue weighted by molar-refractivity contribution is -0.123. The van der Waals surface area contributed by atoms with Gasteiger partial charge in [-0.2, -0.15) is 0 Å². The van der Waals surface area contributed by atoms with Gasteiger partial charge >= 0.3 is 0 Å². The summed E-state index contributed by atoms with van der Waals surface area (Å²) in [5, 5.41) is 16.3. The molecule has 2 amide bonds. The van der Waals surface area contributed by atoms with Crippen LogP contribution in [0.15, 0.2) is 59.5 Å². The fourth-order valence-corrected chi connectivity index (χ4v) is 4.75. The third-order valence-electron chi connectivity index (χ3n) is 5.55. The molecule has 186 valence electrons. The third-order valence-corrected chi connectivity index (χ3v) is 7.00. The minimum Gasteiger partial charge on any atom is -0.497 e. The lowest BCUT2D eigenvalue weighted by Crippen LogP contribution is -2.51. The standard InChI is InChI=1S/C25H35N3O5S/c1-4-19(2)16-28(34(32)22-12-10-21(33-3)11-13-22)17-24(30)23(27-25(31)15-26-18-29)14-20-8-6-5-7-9-20/h5-13,18-19,23-24,30H,4,14-17H2,1-3H3,(H,26,29)(H,27,31). The van der Waals surface area contributed by atoms with Gasteiger partial charge in [0.25, 0.3) is 0 Å². The Balaban J connectivity index is 2.22. The van der Waals surface area contributed by atoms with E-state index in [2.05, 4.69) is 24.5 Å². The highest BCUT2D eigenvalue weighted by molar-refractivity contribution is 7.82. The van der Waals surface area contributed by atoms with Crippen LogP contribution < -0.4 is 15.4 Å². The van der Waals surface area contributed by atoms with Crippen molar-refractivity contribution in [1.82, 2.24) is 14.9 Å². The summed E-state index contributed by atoms with van der Waals surface area (Å²) in [4.78, 5) is 23.5. The zero-order chi connectivity index (χ0) is 24.9. The second-order valence-corrected chi connectivity index (χ2v) is 9.70. The van der Waals surface area contributed by atoms with Crippen molar-refractivity contribution >= 4 is 23.3 Å². The van der Waals surface area contributed by atoms with Crippen molar-refractivity contribution in [3.8, 4) is 5.75 Å². The zero-order valence-electron chi connectivity index (χ0n) is 20.0. The molecule has 0 spiro atoms. The van der Waals surface area contributed by atoms with E-state index < -0.39 is 29.0 Å². The smallest absolute Gasteiger partial charge is 0.239 e. The Bertz CT molecular complexity index is 911. The molecule has 0 aliphatic rings. The molecule has 0 radical (unpaired) electrons. The first-order valence-corrected chi connectivity index (χ1v) is 12.5. The molecule has 4 atom stereocenters. The van der Waals surface area contributed by atoms with Gasteiger partial charge in [-0.15, -0.1) is 0 Å². The SMILES string of the molecule is CCC(C)CN(CC(O)C(Cc1ccccc1)NC(=O)CNC=O)S(=O)c1ccc(OC)cc1. The molecule has 0 saturated carbocycles. The van der Waals surface area contributed by atoms with Crippen molar-refractivity contribution < 1.29 is 23.6 Å². The Hall–Kier alpha value is -2.75. The van der Waals surface area contributed by atoms with Gasteiger partial charge in [0, 0.05) is 13.1 Å². The van der Waals surface area contributed by atoms with E-state index in [1.165, 1.54) is 0 Å². The second-order valence-electron chi connectivity index (χ2n) is 8.21. The van der Waals surface area contributed by atoms with E-state index >= 15 is 0 Å². The van der Waals surface area contributed by atoms with Crippen LogP contribution in [0.4, 0.5) is 0 Å². The van der Waals surface area contributed by atoms with Crippen LogP contribution in [0.3, 0.4) is 0 Å². The Labute approximate surface area is 204 Å².